The monoisotopic (exact) mass is 356 g/mol. The molecule has 2 aliphatic heterocycles. The maximum absolute atomic E-state index is 2.70. The van der Waals surface area contributed by atoms with E-state index < -0.39 is 0 Å². The van der Waals surface area contributed by atoms with Gasteiger partial charge >= 0.3 is 0 Å². The Morgan fingerprint density at radius 3 is 2.67 bits per heavy atom. The first-order chi connectivity index (χ1) is 8.81. The van der Waals surface area contributed by atoms with E-state index in [-0.39, 0.29) is 0 Å². The molecule has 0 saturated carbocycles. The summed E-state index contributed by atoms with van der Waals surface area (Å²) in [6.45, 7) is 6.31. The smallest absolute Gasteiger partial charge is 0.0234 e. The highest BCUT2D eigenvalue weighted by Crippen LogP contribution is 2.22. The molecule has 1 atom stereocenters. The van der Waals surface area contributed by atoms with Gasteiger partial charge in [0.1, 0.15) is 0 Å². The summed E-state index contributed by atoms with van der Waals surface area (Å²) in [6, 6.07) is 9.82. The average Bonchev–Trinajstić information content (AvgIpc) is 2.71. The molecule has 0 spiro atoms. The van der Waals surface area contributed by atoms with Gasteiger partial charge in [0, 0.05) is 22.7 Å². The zero-order valence-corrected chi connectivity index (χ0v) is 13.0. The second kappa shape index (κ2) is 5.88. The van der Waals surface area contributed by atoms with Crippen molar-refractivity contribution in [2.24, 2.45) is 0 Å². The molecule has 0 aromatic heterocycles. The molecule has 98 valence electrons. The molecule has 0 bridgehead atoms. The van der Waals surface area contributed by atoms with E-state index in [9.17, 15) is 0 Å². The number of fused-ring (bicyclic) bond motifs is 1. The van der Waals surface area contributed by atoms with Crippen LogP contribution in [0.4, 0.5) is 0 Å². The third kappa shape index (κ3) is 3.06. The number of benzene rings is 1. The molecule has 0 N–H and O–H groups in total. The highest BCUT2D eigenvalue weighted by atomic mass is 127. The molecule has 3 heteroatoms. The zero-order chi connectivity index (χ0) is 12.4. The molecule has 0 aliphatic carbocycles. The maximum Gasteiger partial charge on any atom is 0.0234 e. The third-order valence-electron chi connectivity index (χ3n) is 4.21. The van der Waals surface area contributed by atoms with Gasteiger partial charge in [-0.2, -0.15) is 0 Å². The Hall–Kier alpha value is -0.130. The molecule has 0 radical (unpaired) electrons. The summed E-state index contributed by atoms with van der Waals surface area (Å²) in [7, 11) is 0. The van der Waals surface area contributed by atoms with Crippen molar-refractivity contribution in [2.75, 3.05) is 26.2 Å². The summed E-state index contributed by atoms with van der Waals surface area (Å²) in [5.74, 6) is 0. The van der Waals surface area contributed by atoms with Crippen molar-refractivity contribution < 1.29 is 0 Å². The second-order valence-electron chi connectivity index (χ2n) is 5.55. The molecule has 2 fully saturated rings. The van der Waals surface area contributed by atoms with Gasteiger partial charge in [0.2, 0.25) is 0 Å². The van der Waals surface area contributed by atoms with E-state index in [4.69, 9.17) is 0 Å². The first kappa shape index (κ1) is 12.9. The molecular formula is C15H21IN2. The predicted octanol–water partition coefficient (Wildman–Crippen LogP) is 2.96. The molecule has 2 heterocycles. The van der Waals surface area contributed by atoms with Crippen LogP contribution in [0.15, 0.2) is 24.3 Å². The minimum Gasteiger partial charge on any atom is -0.299 e. The average molecular weight is 356 g/mol. The standard InChI is InChI=1S/C15H21IN2/c16-14-6-4-13(5-7-14)11-17-8-2-10-18-9-1-3-15(18)12-17/h4-7,15H,1-3,8-12H2. The van der Waals surface area contributed by atoms with E-state index in [0.29, 0.717) is 0 Å². The Morgan fingerprint density at radius 2 is 1.83 bits per heavy atom. The van der Waals surface area contributed by atoms with E-state index >= 15 is 0 Å². The number of nitrogens with zero attached hydrogens (tertiary/aromatic N) is 2. The highest BCUT2D eigenvalue weighted by Gasteiger charge is 2.28. The summed E-state index contributed by atoms with van der Waals surface area (Å²) >= 11 is 2.37. The van der Waals surface area contributed by atoms with Crippen molar-refractivity contribution in [1.29, 1.82) is 0 Å². The van der Waals surface area contributed by atoms with E-state index in [1.165, 1.54) is 54.6 Å². The van der Waals surface area contributed by atoms with E-state index in [1.54, 1.807) is 0 Å². The van der Waals surface area contributed by atoms with Crippen molar-refractivity contribution in [3.05, 3.63) is 33.4 Å². The minimum absolute atomic E-state index is 0.830. The normalized spacial score (nSPS) is 25.9. The Bertz CT molecular complexity index is 390. The van der Waals surface area contributed by atoms with Crippen LogP contribution in [0.3, 0.4) is 0 Å². The van der Waals surface area contributed by atoms with Crippen LogP contribution < -0.4 is 0 Å². The molecular weight excluding hydrogens is 335 g/mol. The maximum atomic E-state index is 2.70. The van der Waals surface area contributed by atoms with Gasteiger partial charge in [0.25, 0.3) is 0 Å². The van der Waals surface area contributed by atoms with Gasteiger partial charge in [0.05, 0.1) is 0 Å². The SMILES string of the molecule is Ic1ccc(CN2CCCN3CCCC3C2)cc1. The first-order valence-electron chi connectivity index (χ1n) is 7.02. The van der Waals surface area contributed by atoms with Crippen LogP contribution in [0, 0.1) is 3.57 Å². The van der Waals surface area contributed by atoms with Gasteiger partial charge in [0.15, 0.2) is 0 Å². The number of rotatable bonds is 2. The van der Waals surface area contributed by atoms with Crippen LogP contribution in [0.5, 0.6) is 0 Å². The summed E-state index contributed by atoms with van der Waals surface area (Å²) < 4.78 is 1.33. The summed E-state index contributed by atoms with van der Waals surface area (Å²) in [4.78, 5) is 5.35. The fourth-order valence-corrected chi connectivity index (χ4v) is 3.63. The first-order valence-corrected chi connectivity index (χ1v) is 8.10. The molecule has 2 saturated heterocycles. The van der Waals surface area contributed by atoms with E-state index in [0.717, 1.165) is 12.6 Å². The summed E-state index contributed by atoms with van der Waals surface area (Å²) in [5, 5.41) is 0. The highest BCUT2D eigenvalue weighted by molar-refractivity contribution is 14.1. The number of hydrogen-bond acceptors (Lipinski definition) is 2. The topological polar surface area (TPSA) is 6.48 Å². The molecule has 0 amide bonds. The quantitative estimate of drug-likeness (QED) is 0.752. The number of halogens is 1. The van der Waals surface area contributed by atoms with Crippen LogP contribution in [0.2, 0.25) is 0 Å². The molecule has 2 aliphatic rings. The molecule has 1 aromatic carbocycles. The lowest BCUT2D eigenvalue weighted by molar-refractivity contribution is 0.215. The summed E-state index contributed by atoms with van der Waals surface area (Å²) in [6.07, 6.45) is 4.14. The molecule has 3 rings (SSSR count). The van der Waals surface area contributed by atoms with Gasteiger partial charge in [-0.05, 0) is 79.2 Å². The predicted molar refractivity (Wildman–Crippen MR) is 83.6 cm³/mol. The lowest BCUT2D eigenvalue weighted by Crippen LogP contribution is -2.36. The van der Waals surface area contributed by atoms with Crippen molar-refractivity contribution in [1.82, 2.24) is 9.80 Å². The third-order valence-corrected chi connectivity index (χ3v) is 4.93. The van der Waals surface area contributed by atoms with Crippen LogP contribution in [-0.4, -0.2) is 42.0 Å². The second-order valence-corrected chi connectivity index (χ2v) is 6.79. The van der Waals surface area contributed by atoms with Crippen molar-refractivity contribution in [3.63, 3.8) is 0 Å². The molecule has 2 nitrogen and oxygen atoms in total. The van der Waals surface area contributed by atoms with Crippen molar-refractivity contribution in [3.8, 4) is 0 Å². The van der Waals surface area contributed by atoms with E-state index in [2.05, 4.69) is 56.7 Å². The number of hydrogen-bond donors (Lipinski definition) is 0. The zero-order valence-electron chi connectivity index (χ0n) is 10.8. The van der Waals surface area contributed by atoms with Crippen LogP contribution >= 0.6 is 22.6 Å². The molecule has 18 heavy (non-hydrogen) atoms. The fourth-order valence-electron chi connectivity index (χ4n) is 3.27. The largest absolute Gasteiger partial charge is 0.299 e. The molecule has 1 aromatic rings. The Kier molecular flexibility index (Phi) is 4.21. The summed E-state index contributed by atoms with van der Waals surface area (Å²) in [5.41, 5.74) is 1.46. The van der Waals surface area contributed by atoms with Crippen LogP contribution in [0.25, 0.3) is 0 Å². The van der Waals surface area contributed by atoms with Gasteiger partial charge < -0.3 is 0 Å². The van der Waals surface area contributed by atoms with Crippen LogP contribution in [0.1, 0.15) is 24.8 Å². The Labute approximate surface area is 123 Å². The fraction of sp³-hybridized carbons (Fsp3) is 0.600. The Balaban J connectivity index is 1.63. The van der Waals surface area contributed by atoms with Gasteiger partial charge in [-0.15, -0.1) is 0 Å². The van der Waals surface area contributed by atoms with Gasteiger partial charge in [-0.3, -0.25) is 9.80 Å². The van der Waals surface area contributed by atoms with Crippen molar-refractivity contribution in [2.45, 2.75) is 31.8 Å². The lowest BCUT2D eigenvalue weighted by Gasteiger charge is -2.25. The van der Waals surface area contributed by atoms with Gasteiger partial charge in [-0.25, -0.2) is 0 Å². The minimum atomic E-state index is 0.830. The molecule has 1 unspecified atom stereocenters. The van der Waals surface area contributed by atoms with E-state index in [1.807, 2.05) is 0 Å². The lowest BCUT2D eigenvalue weighted by atomic mass is 10.2. The van der Waals surface area contributed by atoms with Crippen molar-refractivity contribution >= 4 is 22.6 Å². The van der Waals surface area contributed by atoms with Crippen LogP contribution in [-0.2, 0) is 6.54 Å². The Morgan fingerprint density at radius 1 is 1.06 bits per heavy atom. The van der Waals surface area contributed by atoms with Gasteiger partial charge in [-0.1, -0.05) is 12.1 Å².